The first-order valence-corrected chi connectivity index (χ1v) is 11.5. The van der Waals surface area contributed by atoms with E-state index in [1.165, 1.54) is 56.5 Å². The number of anilines is 1. The molecule has 0 amide bonds. The lowest BCUT2D eigenvalue weighted by molar-refractivity contribution is 0.390. The van der Waals surface area contributed by atoms with Gasteiger partial charge in [0.15, 0.2) is 5.96 Å². The molecule has 1 fully saturated rings. The summed E-state index contributed by atoms with van der Waals surface area (Å²) in [5, 5.41) is 10.6. The van der Waals surface area contributed by atoms with Gasteiger partial charge in [0.1, 0.15) is 0 Å². The number of guanidine groups is 1. The van der Waals surface area contributed by atoms with Crippen LogP contribution in [0, 0.1) is 0 Å². The van der Waals surface area contributed by atoms with Crippen LogP contribution >= 0.6 is 11.3 Å². The molecule has 0 saturated carbocycles. The molecule has 1 saturated heterocycles. The Morgan fingerprint density at radius 2 is 1.93 bits per heavy atom. The highest BCUT2D eigenvalue weighted by Gasteiger charge is 2.20. The van der Waals surface area contributed by atoms with Crippen molar-refractivity contribution in [1.82, 2.24) is 15.5 Å². The van der Waals surface area contributed by atoms with Crippen LogP contribution in [0.15, 0.2) is 22.5 Å². The van der Waals surface area contributed by atoms with Crippen LogP contribution in [0.25, 0.3) is 0 Å². The van der Waals surface area contributed by atoms with Gasteiger partial charge in [-0.05, 0) is 70.8 Å². The maximum Gasteiger partial charge on any atom is 0.191 e. The molecule has 0 spiro atoms. The predicted octanol–water partition coefficient (Wildman–Crippen LogP) is 3.78. The van der Waals surface area contributed by atoms with E-state index in [0.717, 1.165) is 32.1 Å². The van der Waals surface area contributed by atoms with E-state index < -0.39 is 0 Å². The number of unbranched alkanes of at least 4 members (excludes halogenated alkanes) is 4. The van der Waals surface area contributed by atoms with Crippen molar-refractivity contribution in [2.75, 3.05) is 51.7 Å². The van der Waals surface area contributed by atoms with E-state index in [1.807, 2.05) is 11.3 Å². The molecule has 2 rings (SSSR count). The second kappa shape index (κ2) is 13.0. The zero-order valence-corrected chi connectivity index (χ0v) is 18.4. The molecule has 0 bridgehead atoms. The van der Waals surface area contributed by atoms with E-state index >= 15 is 0 Å². The maximum absolute atomic E-state index is 4.80. The van der Waals surface area contributed by atoms with Crippen LogP contribution in [0.4, 0.5) is 5.00 Å². The monoisotopic (exact) mass is 393 g/mol. The lowest BCUT2D eigenvalue weighted by atomic mass is 10.1. The zero-order valence-electron chi connectivity index (χ0n) is 17.5. The van der Waals surface area contributed by atoms with Crippen LogP contribution in [0.5, 0.6) is 0 Å². The van der Waals surface area contributed by atoms with Crippen molar-refractivity contribution in [3.63, 3.8) is 0 Å². The van der Waals surface area contributed by atoms with Crippen molar-refractivity contribution in [3.8, 4) is 0 Å². The van der Waals surface area contributed by atoms with Crippen LogP contribution in [0.2, 0.25) is 0 Å². The number of hydrogen-bond donors (Lipinski definition) is 2. The third kappa shape index (κ3) is 8.98. The largest absolute Gasteiger partial charge is 0.363 e. The summed E-state index contributed by atoms with van der Waals surface area (Å²) in [5.74, 6) is 1.000. The molecule has 0 aliphatic carbocycles. The molecule has 1 aromatic rings. The lowest BCUT2D eigenvalue weighted by Crippen LogP contribution is -2.48. The third-order valence-corrected chi connectivity index (χ3v) is 5.96. The molecule has 2 heterocycles. The first kappa shape index (κ1) is 22.0. The highest BCUT2D eigenvalue weighted by molar-refractivity contribution is 7.14. The molecular formula is C21H39N5S. The lowest BCUT2D eigenvalue weighted by Gasteiger charge is -2.33. The molecule has 1 aliphatic rings. The second-order valence-corrected chi connectivity index (χ2v) is 8.61. The number of rotatable bonds is 11. The van der Waals surface area contributed by atoms with Crippen LogP contribution in [0.3, 0.4) is 0 Å². The van der Waals surface area contributed by atoms with E-state index in [-0.39, 0.29) is 0 Å². The first-order valence-electron chi connectivity index (χ1n) is 10.7. The summed E-state index contributed by atoms with van der Waals surface area (Å²) in [6.07, 6.45) is 8.80. The molecule has 6 heteroatoms. The van der Waals surface area contributed by atoms with Crippen LogP contribution < -0.4 is 15.5 Å². The van der Waals surface area contributed by atoms with E-state index in [2.05, 4.69) is 59.0 Å². The Kier molecular flexibility index (Phi) is 10.6. The van der Waals surface area contributed by atoms with Gasteiger partial charge in [0.25, 0.3) is 0 Å². The fraction of sp³-hybridized carbons (Fsp3) is 0.762. The number of hydrogen-bond acceptors (Lipinski definition) is 4. The summed E-state index contributed by atoms with van der Waals surface area (Å²) in [4.78, 5) is 9.57. The normalized spacial score (nSPS) is 16.1. The van der Waals surface area contributed by atoms with Crippen molar-refractivity contribution < 1.29 is 0 Å². The van der Waals surface area contributed by atoms with Crippen molar-refractivity contribution >= 4 is 22.3 Å². The van der Waals surface area contributed by atoms with Crippen LogP contribution in [0.1, 0.15) is 51.9 Å². The predicted molar refractivity (Wildman–Crippen MR) is 120 cm³/mol. The number of aliphatic imine (C=N–C) groups is 1. The molecule has 154 valence electrons. The van der Waals surface area contributed by atoms with Crippen molar-refractivity contribution in [1.29, 1.82) is 0 Å². The molecule has 27 heavy (non-hydrogen) atoms. The molecule has 0 atom stereocenters. The smallest absolute Gasteiger partial charge is 0.191 e. The molecule has 1 aromatic heterocycles. The van der Waals surface area contributed by atoms with E-state index in [9.17, 15) is 0 Å². The van der Waals surface area contributed by atoms with Gasteiger partial charge >= 0.3 is 0 Å². The highest BCUT2D eigenvalue weighted by Crippen LogP contribution is 2.24. The minimum absolute atomic E-state index is 0.532. The van der Waals surface area contributed by atoms with E-state index in [0.29, 0.717) is 6.04 Å². The van der Waals surface area contributed by atoms with Crippen LogP contribution in [-0.4, -0.2) is 63.7 Å². The summed E-state index contributed by atoms with van der Waals surface area (Å²) in [7, 11) is 4.30. The van der Waals surface area contributed by atoms with Crippen LogP contribution in [-0.2, 0) is 0 Å². The Morgan fingerprint density at radius 3 is 2.59 bits per heavy atom. The molecule has 0 unspecified atom stereocenters. The van der Waals surface area contributed by atoms with Gasteiger partial charge in [-0.1, -0.05) is 19.3 Å². The van der Waals surface area contributed by atoms with Gasteiger partial charge in [-0.2, -0.15) is 0 Å². The summed E-state index contributed by atoms with van der Waals surface area (Å²) in [6, 6.07) is 4.90. The quantitative estimate of drug-likeness (QED) is 0.341. The second-order valence-electron chi connectivity index (χ2n) is 7.69. The minimum atomic E-state index is 0.532. The van der Waals surface area contributed by atoms with Gasteiger partial charge in [-0.25, -0.2) is 0 Å². The number of piperidine rings is 1. The SMILES string of the molecule is CCNC(=NCCCCCCCN(C)C)NC1CCN(c2cccs2)CC1. The van der Waals surface area contributed by atoms with Crippen molar-refractivity contribution in [3.05, 3.63) is 17.5 Å². The maximum atomic E-state index is 4.80. The fourth-order valence-corrected chi connectivity index (χ4v) is 4.25. The Labute approximate surface area is 170 Å². The van der Waals surface area contributed by atoms with Gasteiger partial charge in [0, 0.05) is 32.2 Å². The van der Waals surface area contributed by atoms with Gasteiger partial charge in [-0.15, -0.1) is 11.3 Å². The minimum Gasteiger partial charge on any atom is -0.363 e. The first-order chi connectivity index (χ1) is 13.2. The third-order valence-electron chi connectivity index (χ3n) is 5.03. The van der Waals surface area contributed by atoms with Crippen molar-refractivity contribution in [2.24, 2.45) is 4.99 Å². The van der Waals surface area contributed by atoms with Gasteiger partial charge in [0.05, 0.1) is 5.00 Å². The summed E-state index contributed by atoms with van der Waals surface area (Å²) in [5.41, 5.74) is 0. The van der Waals surface area contributed by atoms with E-state index in [1.54, 1.807) is 0 Å². The summed E-state index contributed by atoms with van der Waals surface area (Å²) < 4.78 is 0. The van der Waals surface area contributed by atoms with Crippen molar-refractivity contribution in [2.45, 2.75) is 57.9 Å². The highest BCUT2D eigenvalue weighted by atomic mass is 32.1. The Bertz CT molecular complexity index is 507. The van der Waals surface area contributed by atoms with Gasteiger partial charge < -0.3 is 20.4 Å². The fourth-order valence-electron chi connectivity index (χ4n) is 3.47. The summed E-state index contributed by atoms with van der Waals surface area (Å²) >= 11 is 1.84. The average Bonchev–Trinajstić information content (AvgIpc) is 3.19. The summed E-state index contributed by atoms with van der Waals surface area (Å²) in [6.45, 7) is 7.45. The molecule has 1 aliphatic heterocycles. The van der Waals surface area contributed by atoms with Gasteiger partial charge in [0.2, 0.25) is 0 Å². The number of nitrogens with zero attached hydrogens (tertiary/aromatic N) is 3. The molecular weight excluding hydrogens is 354 g/mol. The zero-order chi connectivity index (χ0) is 19.3. The Balaban J connectivity index is 1.62. The Hall–Kier alpha value is -1.27. The molecule has 0 aromatic carbocycles. The van der Waals surface area contributed by atoms with E-state index in [4.69, 9.17) is 4.99 Å². The Morgan fingerprint density at radius 1 is 1.19 bits per heavy atom. The average molecular weight is 394 g/mol. The van der Waals surface area contributed by atoms with Gasteiger partial charge in [-0.3, -0.25) is 4.99 Å². The molecule has 5 nitrogen and oxygen atoms in total. The number of nitrogens with one attached hydrogen (secondary N) is 2. The topological polar surface area (TPSA) is 42.9 Å². The number of thiophene rings is 1. The molecule has 0 radical (unpaired) electrons. The molecule has 2 N–H and O–H groups in total. The standard InChI is InChI=1S/C21H39N5S/c1-4-22-21(23-14-8-6-5-7-9-15-25(2)3)24-19-12-16-26(17-13-19)20-11-10-18-27-20/h10-11,18-19H,4-9,12-17H2,1-3H3,(H2,22,23,24).